The molecule has 0 aliphatic carbocycles. The van der Waals surface area contributed by atoms with Gasteiger partial charge in [0.15, 0.2) is 0 Å². The minimum atomic E-state index is -0.185. The fourth-order valence-corrected chi connectivity index (χ4v) is 1.42. The first-order valence-electron chi connectivity index (χ1n) is 5.83. The second kappa shape index (κ2) is 5.86. The topological polar surface area (TPSA) is 67.0 Å². The third-order valence-electron chi connectivity index (χ3n) is 2.26. The summed E-state index contributed by atoms with van der Waals surface area (Å²) in [5.74, 6) is 1.25. The van der Waals surface area contributed by atoms with Crippen molar-refractivity contribution in [3.05, 3.63) is 46.9 Å². The molecule has 5 heteroatoms. The molecule has 0 bridgehead atoms. The number of nitrogens with one attached hydrogen (secondary N) is 2. The molecule has 1 aromatic carbocycles. The number of anilines is 2. The Labute approximate surface area is 105 Å². The van der Waals surface area contributed by atoms with Crippen molar-refractivity contribution in [2.24, 2.45) is 0 Å². The highest BCUT2D eigenvalue weighted by molar-refractivity contribution is 5.54. The number of rotatable bonds is 5. The van der Waals surface area contributed by atoms with E-state index in [1.807, 2.05) is 24.3 Å². The van der Waals surface area contributed by atoms with Gasteiger partial charge in [-0.3, -0.25) is 9.78 Å². The monoisotopic (exact) mass is 245 g/mol. The van der Waals surface area contributed by atoms with Gasteiger partial charge in [-0.2, -0.15) is 0 Å². The van der Waals surface area contributed by atoms with Crippen molar-refractivity contribution in [1.29, 1.82) is 0 Å². The molecule has 0 saturated carbocycles. The Balaban J connectivity index is 2.04. The van der Waals surface area contributed by atoms with Gasteiger partial charge in [-0.25, -0.2) is 4.98 Å². The first-order chi connectivity index (χ1) is 8.78. The summed E-state index contributed by atoms with van der Waals surface area (Å²) in [6.45, 7) is 2.77. The molecule has 0 spiro atoms. The first kappa shape index (κ1) is 12.2. The van der Waals surface area contributed by atoms with Crippen molar-refractivity contribution in [2.75, 3.05) is 11.9 Å². The molecule has 0 amide bonds. The molecule has 1 aromatic heterocycles. The second-order valence-corrected chi connectivity index (χ2v) is 3.78. The zero-order chi connectivity index (χ0) is 12.8. The minimum Gasteiger partial charge on any atom is -0.494 e. The molecule has 5 nitrogen and oxygen atoms in total. The Hall–Kier alpha value is -2.30. The molecule has 2 rings (SSSR count). The quantitative estimate of drug-likeness (QED) is 0.848. The summed E-state index contributed by atoms with van der Waals surface area (Å²) in [6, 6.07) is 8.86. The van der Waals surface area contributed by atoms with Crippen molar-refractivity contribution >= 4 is 11.6 Å². The van der Waals surface area contributed by atoms with Gasteiger partial charge in [0.2, 0.25) is 5.95 Å². The Morgan fingerprint density at radius 3 is 2.72 bits per heavy atom. The van der Waals surface area contributed by atoms with Crippen molar-refractivity contribution < 1.29 is 4.74 Å². The number of nitrogens with zero attached hydrogens (tertiary/aromatic N) is 1. The van der Waals surface area contributed by atoms with E-state index in [1.54, 1.807) is 0 Å². The smallest absolute Gasteiger partial charge is 0.252 e. The summed E-state index contributed by atoms with van der Waals surface area (Å²) < 4.78 is 5.48. The largest absolute Gasteiger partial charge is 0.494 e. The van der Waals surface area contributed by atoms with Crippen molar-refractivity contribution in [3.8, 4) is 5.75 Å². The predicted molar refractivity (Wildman–Crippen MR) is 70.4 cm³/mol. The van der Waals surface area contributed by atoms with Crippen LogP contribution in [0.4, 0.5) is 11.6 Å². The zero-order valence-electron chi connectivity index (χ0n) is 10.1. The minimum absolute atomic E-state index is 0.185. The number of aromatic amines is 1. The summed E-state index contributed by atoms with van der Waals surface area (Å²) in [7, 11) is 0. The molecule has 0 saturated heterocycles. The van der Waals surface area contributed by atoms with Crippen molar-refractivity contribution in [1.82, 2.24) is 9.97 Å². The molecule has 2 N–H and O–H groups in total. The molecular weight excluding hydrogens is 230 g/mol. The maximum Gasteiger partial charge on any atom is 0.252 e. The van der Waals surface area contributed by atoms with Crippen LogP contribution in [-0.2, 0) is 0 Å². The van der Waals surface area contributed by atoms with Crippen LogP contribution in [0.3, 0.4) is 0 Å². The molecule has 1 heterocycles. The molecule has 0 fully saturated rings. The van der Waals surface area contributed by atoms with Crippen LogP contribution >= 0.6 is 0 Å². The molecule has 0 aliphatic rings. The zero-order valence-corrected chi connectivity index (χ0v) is 10.1. The number of aromatic nitrogens is 2. The molecule has 94 valence electrons. The highest BCUT2D eigenvalue weighted by Crippen LogP contribution is 2.17. The summed E-state index contributed by atoms with van der Waals surface area (Å²) in [6.07, 6.45) is 2.44. The number of benzene rings is 1. The molecule has 0 aliphatic heterocycles. The Bertz CT molecular complexity index is 549. The summed E-state index contributed by atoms with van der Waals surface area (Å²) in [4.78, 5) is 17.7. The maximum atomic E-state index is 11.1. The van der Waals surface area contributed by atoms with Crippen LogP contribution in [0, 0.1) is 0 Å². The summed E-state index contributed by atoms with van der Waals surface area (Å²) in [5, 5.41) is 3.01. The van der Waals surface area contributed by atoms with Gasteiger partial charge in [-0.15, -0.1) is 0 Å². The first-order valence-corrected chi connectivity index (χ1v) is 5.83. The Morgan fingerprint density at radius 2 is 2.06 bits per heavy atom. The molecule has 0 unspecified atom stereocenters. The average Bonchev–Trinajstić information content (AvgIpc) is 2.38. The van der Waals surface area contributed by atoms with Gasteiger partial charge < -0.3 is 10.1 Å². The van der Waals surface area contributed by atoms with Crippen molar-refractivity contribution in [2.45, 2.75) is 13.3 Å². The van der Waals surface area contributed by atoms with Gasteiger partial charge in [0, 0.05) is 18.0 Å². The number of hydrogen-bond donors (Lipinski definition) is 2. The lowest BCUT2D eigenvalue weighted by molar-refractivity contribution is 0.317. The maximum absolute atomic E-state index is 11.1. The highest BCUT2D eigenvalue weighted by atomic mass is 16.5. The second-order valence-electron chi connectivity index (χ2n) is 3.78. The van der Waals surface area contributed by atoms with E-state index < -0.39 is 0 Å². The summed E-state index contributed by atoms with van der Waals surface area (Å²) in [5.41, 5.74) is 0.656. The van der Waals surface area contributed by atoms with E-state index in [9.17, 15) is 4.79 Å². The van der Waals surface area contributed by atoms with Crippen LogP contribution in [0.15, 0.2) is 41.3 Å². The van der Waals surface area contributed by atoms with Gasteiger partial charge in [0.1, 0.15) is 5.75 Å². The number of ether oxygens (including phenoxy) is 1. The van der Waals surface area contributed by atoms with E-state index in [-0.39, 0.29) is 5.56 Å². The fraction of sp³-hybridized carbons (Fsp3) is 0.231. The summed E-state index contributed by atoms with van der Waals surface area (Å²) >= 11 is 0. The molecule has 0 radical (unpaired) electrons. The standard InChI is InChI=1S/C13H15N3O2/c1-2-9-18-11-5-3-10(4-6-11)15-13-14-8-7-12(17)16-13/h3-8H,2,9H2,1H3,(H2,14,15,16,17). The van der Waals surface area contributed by atoms with E-state index in [0.29, 0.717) is 12.6 Å². The lowest BCUT2D eigenvalue weighted by Crippen LogP contribution is -2.08. The lowest BCUT2D eigenvalue weighted by Gasteiger charge is -2.07. The number of H-pyrrole nitrogens is 1. The molecular formula is C13H15N3O2. The predicted octanol–water partition coefficient (Wildman–Crippen LogP) is 2.30. The van der Waals surface area contributed by atoms with Crippen LogP contribution in [0.25, 0.3) is 0 Å². The fourth-order valence-electron chi connectivity index (χ4n) is 1.42. The molecule has 18 heavy (non-hydrogen) atoms. The van der Waals surface area contributed by atoms with Crippen LogP contribution < -0.4 is 15.6 Å². The van der Waals surface area contributed by atoms with Gasteiger partial charge in [0.05, 0.1) is 6.61 Å². The van der Waals surface area contributed by atoms with E-state index in [1.165, 1.54) is 12.3 Å². The van der Waals surface area contributed by atoms with Crippen molar-refractivity contribution in [3.63, 3.8) is 0 Å². The van der Waals surface area contributed by atoms with Crippen LogP contribution in [0.1, 0.15) is 13.3 Å². The SMILES string of the molecule is CCCOc1ccc(Nc2nccc(=O)[nH]2)cc1. The van der Waals surface area contributed by atoms with E-state index in [0.717, 1.165) is 17.9 Å². The van der Waals surface area contributed by atoms with Crippen LogP contribution in [0.2, 0.25) is 0 Å². The van der Waals surface area contributed by atoms with E-state index in [4.69, 9.17) is 4.74 Å². The molecule has 2 aromatic rings. The Morgan fingerprint density at radius 1 is 1.28 bits per heavy atom. The van der Waals surface area contributed by atoms with Gasteiger partial charge in [0.25, 0.3) is 5.56 Å². The number of hydrogen-bond acceptors (Lipinski definition) is 4. The highest BCUT2D eigenvalue weighted by Gasteiger charge is 1.97. The Kier molecular flexibility index (Phi) is 3.96. The lowest BCUT2D eigenvalue weighted by atomic mass is 10.3. The van der Waals surface area contributed by atoms with Gasteiger partial charge in [-0.05, 0) is 30.7 Å². The van der Waals surface area contributed by atoms with Crippen LogP contribution in [0.5, 0.6) is 5.75 Å². The molecule has 0 atom stereocenters. The third-order valence-corrected chi connectivity index (χ3v) is 2.26. The van der Waals surface area contributed by atoms with E-state index in [2.05, 4.69) is 22.2 Å². The van der Waals surface area contributed by atoms with E-state index >= 15 is 0 Å². The van der Waals surface area contributed by atoms with Gasteiger partial charge >= 0.3 is 0 Å². The van der Waals surface area contributed by atoms with Gasteiger partial charge in [-0.1, -0.05) is 6.92 Å². The average molecular weight is 245 g/mol. The normalized spacial score (nSPS) is 10.1. The van der Waals surface area contributed by atoms with Crippen LogP contribution in [-0.4, -0.2) is 16.6 Å². The third kappa shape index (κ3) is 3.35.